The van der Waals surface area contributed by atoms with Gasteiger partial charge in [-0.2, -0.15) is 0 Å². The van der Waals surface area contributed by atoms with Crippen molar-refractivity contribution < 1.29 is 28.0 Å². The lowest BCUT2D eigenvalue weighted by molar-refractivity contribution is 0.0556. The standard InChI is InChI=1S/C22H24FN5O5/c1-14-10-26(13-24-14)18-6-5-15(9-17(18)23)27-11-16(32-20(27)29)12-28(19-7-8-31-25-19)21(30)33-22(2,3)4/h5-10,13,16H,11-12H2,1-4H3/t16-/m1/s1. The maximum absolute atomic E-state index is 14.8. The Kier molecular flexibility index (Phi) is 5.79. The Labute approximate surface area is 189 Å². The topological polar surface area (TPSA) is 103 Å². The first-order chi connectivity index (χ1) is 15.6. The quantitative estimate of drug-likeness (QED) is 0.569. The number of benzene rings is 1. The minimum atomic E-state index is -0.732. The molecule has 1 aliphatic rings. The summed E-state index contributed by atoms with van der Waals surface area (Å²) >= 11 is 0. The zero-order valence-electron chi connectivity index (χ0n) is 18.7. The predicted molar refractivity (Wildman–Crippen MR) is 116 cm³/mol. The lowest BCUT2D eigenvalue weighted by Crippen LogP contribution is -2.42. The predicted octanol–water partition coefficient (Wildman–Crippen LogP) is 4.07. The highest BCUT2D eigenvalue weighted by molar-refractivity contribution is 5.91. The van der Waals surface area contributed by atoms with Crippen LogP contribution in [-0.4, -0.2) is 51.7 Å². The van der Waals surface area contributed by atoms with E-state index in [9.17, 15) is 14.0 Å². The average Bonchev–Trinajstić information content (AvgIpc) is 3.46. The molecular weight excluding hydrogens is 433 g/mol. The average molecular weight is 457 g/mol. The highest BCUT2D eigenvalue weighted by atomic mass is 19.1. The van der Waals surface area contributed by atoms with Crippen molar-refractivity contribution in [2.75, 3.05) is 22.9 Å². The first-order valence-corrected chi connectivity index (χ1v) is 10.3. The van der Waals surface area contributed by atoms with Gasteiger partial charge < -0.3 is 18.6 Å². The van der Waals surface area contributed by atoms with Gasteiger partial charge in [-0.3, -0.25) is 9.80 Å². The number of hydrogen-bond acceptors (Lipinski definition) is 7. The van der Waals surface area contributed by atoms with E-state index in [2.05, 4.69) is 10.1 Å². The molecule has 33 heavy (non-hydrogen) atoms. The maximum Gasteiger partial charge on any atom is 0.416 e. The molecule has 4 rings (SSSR count). The van der Waals surface area contributed by atoms with Crippen LogP contribution in [0.3, 0.4) is 0 Å². The molecule has 10 nitrogen and oxygen atoms in total. The molecule has 0 radical (unpaired) electrons. The van der Waals surface area contributed by atoms with Crippen molar-refractivity contribution in [3.63, 3.8) is 0 Å². The van der Waals surface area contributed by atoms with Crippen LogP contribution in [-0.2, 0) is 9.47 Å². The van der Waals surface area contributed by atoms with E-state index in [1.165, 1.54) is 34.5 Å². The van der Waals surface area contributed by atoms with Crippen molar-refractivity contribution >= 4 is 23.7 Å². The van der Waals surface area contributed by atoms with E-state index in [1.54, 1.807) is 43.7 Å². The first kappa shape index (κ1) is 22.3. The fourth-order valence-electron chi connectivity index (χ4n) is 3.38. The number of hydrogen-bond donors (Lipinski definition) is 0. The number of halogens is 1. The summed E-state index contributed by atoms with van der Waals surface area (Å²) in [6.45, 7) is 7.13. The van der Waals surface area contributed by atoms with E-state index in [-0.39, 0.29) is 18.9 Å². The Balaban J connectivity index is 1.50. The van der Waals surface area contributed by atoms with Gasteiger partial charge in [-0.15, -0.1) is 0 Å². The van der Waals surface area contributed by atoms with Gasteiger partial charge in [0, 0.05) is 12.3 Å². The van der Waals surface area contributed by atoms with Crippen LogP contribution in [0.1, 0.15) is 26.5 Å². The molecule has 1 aromatic carbocycles. The summed E-state index contributed by atoms with van der Waals surface area (Å²) in [6.07, 6.45) is 2.55. The smallest absolute Gasteiger partial charge is 0.416 e. The molecule has 11 heteroatoms. The Morgan fingerprint density at radius 2 is 2.12 bits per heavy atom. The van der Waals surface area contributed by atoms with Crippen LogP contribution in [0.4, 0.5) is 25.5 Å². The molecule has 0 unspecified atom stereocenters. The number of cyclic esters (lactones) is 1. The van der Waals surface area contributed by atoms with E-state index in [0.717, 1.165) is 5.69 Å². The summed E-state index contributed by atoms with van der Waals surface area (Å²) in [5, 5.41) is 3.80. The summed E-state index contributed by atoms with van der Waals surface area (Å²) in [7, 11) is 0. The maximum atomic E-state index is 14.8. The third-order valence-corrected chi connectivity index (χ3v) is 4.81. The number of amides is 2. The molecule has 0 spiro atoms. The highest BCUT2D eigenvalue weighted by Gasteiger charge is 2.37. The van der Waals surface area contributed by atoms with Crippen LogP contribution < -0.4 is 9.80 Å². The summed E-state index contributed by atoms with van der Waals surface area (Å²) < 4.78 is 32.1. The molecule has 174 valence electrons. The minimum Gasteiger partial charge on any atom is -0.443 e. The zero-order chi connectivity index (χ0) is 23.8. The molecule has 0 aliphatic carbocycles. The summed E-state index contributed by atoms with van der Waals surface area (Å²) in [5.41, 5.74) is 0.673. The molecule has 2 aromatic heterocycles. The number of carbonyl (C=O) groups excluding carboxylic acids is 2. The fourth-order valence-corrected chi connectivity index (χ4v) is 3.38. The van der Waals surface area contributed by atoms with Crippen LogP contribution in [0.15, 0.2) is 47.6 Å². The van der Waals surface area contributed by atoms with Crippen molar-refractivity contribution in [3.05, 3.63) is 54.6 Å². The van der Waals surface area contributed by atoms with Crippen LogP contribution in [0.25, 0.3) is 5.69 Å². The molecular formula is C22H24FN5O5. The largest absolute Gasteiger partial charge is 0.443 e. The molecule has 3 heterocycles. The first-order valence-electron chi connectivity index (χ1n) is 10.3. The Bertz CT molecular complexity index is 1150. The molecule has 1 aliphatic heterocycles. The van der Waals surface area contributed by atoms with E-state index in [0.29, 0.717) is 11.4 Å². The fraction of sp³-hybridized carbons (Fsp3) is 0.364. The van der Waals surface area contributed by atoms with Gasteiger partial charge in [0.05, 0.1) is 36.5 Å². The minimum absolute atomic E-state index is 0.0153. The van der Waals surface area contributed by atoms with Crippen molar-refractivity contribution in [2.45, 2.75) is 39.4 Å². The molecule has 1 fully saturated rings. The third-order valence-electron chi connectivity index (χ3n) is 4.81. The van der Waals surface area contributed by atoms with E-state index in [1.807, 2.05) is 6.92 Å². The van der Waals surface area contributed by atoms with Crippen LogP contribution in [0.2, 0.25) is 0 Å². The number of anilines is 2. The summed E-state index contributed by atoms with van der Waals surface area (Å²) in [5.74, 6) is -0.288. The Hall–Kier alpha value is -3.89. The number of rotatable bonds is 5. The van der Waals surface area contributed by atoms with E-state index >= 15 is 0 Å². The van der Waals surface area contributed by atoms with Crippen molar-refractivity contribution in [1.29, 1.82) is 0 Å². The third kappa shape index (κ3) is 4.97. The van der Waals surface area contributed by atoms with Gasteiger partial charge in [0.25, 0.3) is 0 Å². The molecule has 0 bridgehead atoms. The number of aryl methyl sites for hydroxylation is 1. The molecule has 0 saturated carbocycles. The van der Waals surface area contributed by atoms with Crippen LogP contribution >= 0.6 is 0 Å². The molecule has 0 N–H and O–H groups in total. The second-order valence-corrected chi connectivity index (χ2v) is 8.62. The van der Waals surface area contributed by atoms with E-state index < -0.39 is 29.7 Å². The summed E-state index contributed by atoms with van der Waals surface area (Å²) in [4.78, 5) is 31.9. The van der Waals surface area contributed by atoms with E-state index in [4.69, 9.17) is 14.0 Å². The zero-order valence-corrected chi connectivity index (χ0v) is 18.7. The van der Waals surface area contributed by atoms with Crippen molar-refractivity contribution in [2.24, 2.45) is 0 Å². The number of imidazole rings is 1. The number of nitrogens with zero attached hydrogens (tertiary/aromatic N) is 5. The highest BCUT2D eigenvalue weighted by Crippen LogP contribution is 2.27. The van der Waals surface area contributed by atoms with Crippen LogP contribution in [0.5, 0.6) is 0 Å². The van der Waals surface area contributed by atoms with Gasteiger partial charge in [0.1, 0.15) is 23.8 Å². The molecule has 1 atom stereocenters. The van der Waals surface area contributed by atoms with Gasteiger partial charge >= 0.3 is 12.2 Å². The lowest BCUT2D eigenvalue weighted by atomic mass is 10.2. The normalized spacial score (nSPS) is 16.1. The van der Waals surface area contributed by atoms with Crippen LogP contribution in [0, 0.1) is 12.7 Å². The Morgan fingerprint density at radius 1 is 1.33 bits per heavy atom. The molecule has 3 aromatic rings. The van der Waals surface area contributed by atoms with Crippen molar-refractivity contribution in [1.82, 2.24) is 14.7 Å². The SMILES string of the molecule is Cc1cn(-c2ccc(N3C[C@H](CN(C(=O)OC(C)(C)C)c4ccon4)OC3=O)cc2F)cn1. The number of carbonyl (C=O) groups is 2. The van der Waals surface area contributed by atoms with Gasteiger partial charge in [-0.1, -0.05) is 5.16 Å². The van der Waals surface area contributed by atoms with Gasteiger partial charge in [-0.05, 0) is 45.9 Å². The van der Waals surface area contributed by atoms with Gasteiger partial charge in [0.2, 0.25) is 0 Å². The lowest BCUT2D eigenvalue weighted by Gasteiger charge is -2.26. The van der Waals surface area contributed by atoms with Gasteiger partial charge in [-0.25, -0.2) is 19.0 Å². The molecule has 2 amide bonds. The molecule has 1 saturated heterocycles. The van der Waals surface area contributed by atoms with Crippen molar-refractivity contribution in [3.8, 4) is 5.69 Å². The second-order valence-electron chi connectivity index (χ2n) is 8.62. The summed E-state index contributed by atoms with van der Waals surface area (Å²) in [6, 6.07) is 5.96. The number of ether oxygens (including phenoxy) is 2. The van der Waals surface area contributed by atoms with Gasteiger partial charge in [0.15, 0.2) is 5.82 Å². The monoisotopic (exact) mass is 457 g/mol. The number of aromatic nitrogens is 3. The Morgan fingerprint density at radius 3 is 2.73 bits per heavy atom. The second kappa shape index (κ2) is 8.57.